The van der Waals surface area contributed by atoms with Crippen LogP contribution in [0.1, 0.15) is 19.4 Å². The lowest BCUT2D eigenvalue weighted by Crippen LogP contribution is -2.23. The highest BCUT2D eigenvalue weighted by Gasteiger charge is 2.17. The topological polar surface area (TPSA) is 29.5 Å². The van der Waals surface area contributed by atoms with Gasteiger partial charge in [-0.3, -0.25) is 0 Å². The molecular formula is C12H16F2O2. The van der Waals surface area contributed by atoms with E-state index >= 15 is 0 Å². The van der Waals surface area contributed by atoms with Crippen molar-refractivity contribution in [1.29, 1.82) is 0 Å². The van der Waals surface area contributed by atoms with E-state index in [0.29, 0.717) is 6.61 Å². The molecule has 0 unspecified atom stereocenters. The van der Waals surface area contributed by atoms with Gasteiger partial charge in [-0.05, 0) is 6.07 Å². The summed E-state index contributed by atoms with van der Waals surface area (Å²) in [6.45, 7) is 3.94. The van der Waals surface area contributed by atoms with Crippen molar-refractivity contribution in [2.45, 2.75) is 20.5 Å². The lowest BCUT2D eigenvalue weighted by Gasteiger charge is -2.21. The molecule has 0 bridgehead atoms. The average Bonchev–Trinajstić information content (AvgIpc) is 2.24. The zero-order valence-corrected chi connectivity index (χ0v) is 9.46. The third-order valence-corrected chi connectivity index (χ3v) is 2.21. The minimum absolute atomic E-state index is 0.00697. The predicted molar refractivity (Wildman–Crippen MR) is 56.9 cm³/mol. The van der Waals surface area contributed by atoms with Crippen LogP contribution < -0.4 is 0 Å². The second kappa shape index (κ2) is 5.37. The SMILES string of the molecule is CC(C)(CO)COCc1cccc(F)c1F. The highest BCUT2D eigenvalue weighted by Crippen LogP contribution is 2.17. The molecule has 0 spiro atoms. The van der Waals surface area contributed by atoms with Crippen molar-refractivity contribution >= 4 is 0 Å². The van der Waals surface area contributed by atoms with Gasteiger partial charge in [0, 0.05) is 11.0 Å². The second-order valence-electron chi connectivity index (χ2n) is 4.53. The molecule has 0 radical (unpaired) electrons. The number of ether oxygens (including phenoxy) is 1. The van der Waals surface area contributed by atoms with Gasteiger partial charge in [-0.1, -0.05) is 26.0 Å². The number of hydrogen-bond donors (Lipinski definition) is 1. The maximum atomic E-state index is 13.2. The van der Waals surface area contributed by atoms with Crippen LogP contribution in [0.3, 0.4) is 0 Å². The average molecular weight is 230 g/mol. The van der Waals surface area contributed by atoms with Crippen LogP contribution in [-0.2, 0) is 11.3 Å². The maximum Gasteiger partial charge on any atom is 0.164 e. The Bertz CT molecular complexity index is 351. The highest BCUT2D eigenvalue weighted by molar-refractivity contribution is 5.17. The maximum absolute atomic E-state index is 13.2. The van der Waals surface area contributed by atoms with E-state index in [1.807, 2.05) is 13.8 Å². The molecule has 0 atom stereocenters. The smallest absolute Gasteiger partial charge is 0.164 e. The van der Waals surface area contributed by atoms with Crippen LogP contribution in [0.25, 0.3) is 0 Å². The van der Waals surface area contributed by atoms with Crippen LogP contribution in [-0.4, -0.2) is 18.3 Å². The van der Waals surface area contributed by atoms with Crippen LogP contribution in [0.2, 0.25) is 0 Å². The number of halogens is 2. The van der Waals surface area contributed by atoms with Gasteiger partial charge in [0.05, 0.1) is 19.8 Å². The standard InChI is InChI=1S/C12H16F2O2/c1-12(2,7-15)8-16-6-9-4-3-5-10(13)11(9)14/h3-5,15H,6-8H2,1-2H3. The largest absolute Gasteiger partial charge is 0.396 e. The fourth-order valence-electron chi connectivity index (χ4n) is 1.14. The Balaban J connectivity index is 2.53. The van der Waals surface area contributed by atoms with Gasteiger partial charge in [-0.2, -0.15) is 0 Å². The first-order valence-corrected chi connectivity index (χ1v) is 5.08. The summed E-state index contributed by atoms with van der Waals surface area (Å²) in [6.07, 6.45) is 0. The van der Waals surface area contributed by atoms with Gasteiger partial charge in [0.1, 0.15) is 0 Å². The molecular weight excluding hydrogens is 214 g/mol. The number of benzene rings is 1. The molecule has 0 saturated carbocycles. The van der Waals surface area contributed by atoms with Crippen molar-refractivity contribution in [2.24, 2.45) is 5.41 Å². The second-order valence-corrected chi connectivity index (χ2v) is 4.53. The summed E-state index contributed by atoms with van der Waals surface area (Å²) in [5.74, 6) is -1.74. The number of aliphatic hydroxyl groups is 1. The molecule has 0 fully saturated rings. The van der Waals surface area contributed by atoms with E-state index in [4.69, 9.17) is 9.84 Å². The van der Waals surface area contributed by atoms with Crippen molar-refractivity contribution < 1.29 is 18.6 Å². The Morgan fingerprint density at radius 3 is 2.62 bits per heavy atom. The van der Waals surface area contributed by atoms with E-state index < -0.39 is 11.6 Å². The third kappa shape index (κ3) is 3.54. The molecule has 1 aromatic rings. The molecule has 90 valence electrons. The summed E-state index contributed by atoms with van der Waals surface area (Å²) < 4.78 is 31.3. The monoisotopic (exact) mass is 230 g/mol. The Kier molecular flexibility index (Phi) is 4.38. The minimum atomic E-state index is -0.873. The van der Waals surface area contributed by atoms with E-state index in [1.54, 1.807) is 0 Å². The lowest BCUT2D eigenvalue weighted by atomic mass is 9.97. The van der Waals surface area contributed by atoms with Crippen LogP contribution >= 0.6 is 0 Å². The molecule has 0 aliphatic heterocycles. The lowest BCUT2D eigenvalue weighted by molar-refractivity contribution is 0.0186. The van der Waals surface area contributed by atoms with Crippen molar-refractivity contribution in [1.82, 2.24) is 0 Å². The minimum Gasteiger partial charge on any atom is -0.396 e. The molecule has 1 aromatic carbocycles. The predicted octanol–water partition coefficient (Wildman–Crippen LogP) is 2.50. The Hall–Kier alpha value is -1.00. The first kappa shape index (κ1) is 13.1. The summed E-state index contributed by atoms with van der Waals surface area (Å²) >= 11 is 0. The van der Waals surface area contributed by atoms with E-state index in [0.717, 1.165) is 6.07 Å². The molecule has 2 nitrogen and oxygen atoms in total. The molecule has 1 N–H and O–H groups in total. The first-order chi connectivity index (χ1) is 7.46. The van der Waals surface area contributed by atoms with E-state index in [-0.39, 0.29) is 24.2 Å². The molecule has 16 heavy (non-hydrogen) atoms. The number of hydrogen-bond acceptors (Lipinski definition) is 2. The van der Waals surface area contributed by atoms with Crippen molar-refractivity contribution in [3.63, 3.8) is 0 Å². The van der Waals surface area contributed by atoms with Gasteiger partial charge < -0.3 is 9.84 Å². The van der Waals surface area contributed by atoms with Crippen LogP contribution in [0, 0.1) is 17.0 Å². The van der Waals surface area contributed by atoms with Gasteiger partial charge in [-0.25, -0.2) is 8.78 Å². The zero-order valence-electron chi connectivity index (χ0n) is 9.46. The van der Waals surface area contributed by atoms with Crippen LogP contribution in [0.4, 0.5) is 8.78 Å². The van der Waals surface area contributed by atoms with E-state index in [2.05, 4.69) is 0 Å². The van der Waals surface area contributed by atoms with Gasteiger partial charge in [0.15, 0.2) is 11.6 Å². The third-order valence-electron chi connectivity index (χ3n) is 2.21. The van der Waals surface area contributed by atoms with Crippen molar-refractivity contribution in [3.8, 4) is 0 Å². The Morgan fingerprint density at radius 1 is 1.31 bits per heavy atom. The van der Waals surface area contributed by atoms with E-state index in [1.165, 1.54) is 12.1 Å². The van der Waals surface area contributed by atoms with E-state index in [9.17, 15) is 8.78 Å². The van der Waals surface area contributed by atoms with Gasteiger partial charge in [-0.15, -0.1) is 0 Å². The van der Waals surface area contributed by atoms with Gasteiger partial charge >= 0.3 is 0 Å². The quantitative estimate of drug-likeness (QED) is 0.842. The highest BCUT2D eigenvalue weighted by atomic mass is 19.2. The molecule has 0 saturated heterocycles. The number of rotatable bonds is 5. The Morgan fingerprint density at radius 2 is 2.00 bits per heavy atom. The van der Waals surface area contributed by atoms with Crippen LogP contribution in [0.15, 0.2) is 18.2 Å². The molecule has 0 aromatic heterocycles. The summed E-state index contributed by atoms with van der Waals surface area (Å²) in [6, 6.07) is 3.98. The van der Waals surface area contributed by atoms with Crippen LogP contribution in [0.5, 0.6) is 0 Å². The fraction of sp³-hybridized carbons (Fsp3) is 0.500. The molecule has 4 heteroatoms. The molecule has 0 heterocycles. The van der Waals surface area contributed by atoms with Crippen molar-refractivity contribution in [2.75, 3.05) is 13.2 Å². The van der Waals surface area contributed by atoms with Gasteiger partial charge in [0.25, 0.3) is 0 Å². The Labute approximate surface area is 93.9 Å². The molecule has 0 amide bonds. The summed E-state index contributed by atoms with van der Waals surface area (Å²) in [5.41, 5.74) is -0.183. The molecule has 0 aliphatic rings. The zero-order chi connectivity index (χ0) is 12.2. The molecule has 0 aliphatic carbocycles. The molecule has 1 rings (SSSR count). The fourth-order valence-corrected chi connectivity index (χ4v) is 1.14. The van der Waals surface area contributed by atoms with Gasteiger partial charge in [0.2, 0.25) is 0 Å². The van der Waals surface area contributed by atoms with Crippen molar-refractivity contribution in [3.05, 3.63) is 35.4 Å². The normalized spacial score (nSPS) is 11.8. The number of aliphatic hydroxyl groups excluding tert-OH is 1. The summed E-state index contributed by atoms with van der Waals surface area (Å²) in [7, 11) is 0. The first-order valence-electron chi connectivity index (χ1n) is 5.08. The summed E-state index contributed by atoms with van der Waals surface area (Å²) in [5, 5.41) is 8.98. The summed E-state index contributed by atoms with van der Waals surface area (Å²) in [4.78, 5) is 0.